The normalized spacial score (nSPS) is 14.5. The molecule has 1 fully saturated rings. The number of ether oxygens (including phenoxy) is 1. The Balaban J connectivity index is 1.38. The van der Waals surface area contributed by atoms with Crippen molar-refractivity contribution in [2.75, 3.05) is 38.2 Å². The van der Waals surface area contributed by atoms with E-state index in [4.69, 9.17) is 4.74 Å². The second-order valence-corrected chi connectivity index (χ2v) is 6.23. The van der Waals surface area contributed by atoms with E-state index in [1.807, 2.05) is 18.3 Å². The molecule has 1 amide bonds. The van der Waals surface area contributed by atoms with Gasteiger partial charge in [0.05, 0.1) is 13.2 Å². The van der Waals surface area contributed by atoms with E-state index in [-0.39, 0.29) is 5.91 Å². The Morgan fingerprint density at radius 1 is 1.23 bits per heavy atom. The highest BCUT2D eigenvalue weighted by molar-refractivity contribution is 5.93. The third kappa shape index (κ3) is 3.52. The number of nitrogens with zero attached hydrogens (tertiary/aromatic N) is 3. The Labute approximate surface area is 151 Å². The van der Waals surface area contributed by atoms with Gasteiger partial charge in [-0.05, 0) is 18.1 Å². The first-order chi connectivity index (χ1) is 12.8. The summed E-state index contributed by atoms with van der Waals surface area (Å²) in [6, 6.07) is 9.97. The Bertz CT molecular complexity index is 902. The average molecular weight is 351 g/mol. The highest BCUT2D eigenvalue weighted by Gasteiger charge is 2.20. The summed E-state index contributed by atoms with van der Waals surface area (Å²) in [6.07, 6.45) is 4.34. The molecule has 26 heavy (non-hydrogen) atoms. The Hall–Kier alpha value is -2.93. The number of hydrogen-bond donors (Lipinski definition) is 2. The molecule has 0 unspecified atom stereocenters. The number of aromatic amines is 1. The van der Waals surface area contributed by atoms with Gasteiger partial charge in [-0.25, -0.2) is 9.97 Å². The summed E-state index contributed by atoms with van der Waals surface area (Å²) in [5.74, 6) is 0.590. The molecule has 0 saturated carbocycles. The molecule has 0 aliphatic carbocycles. The third-order valence-corrected chi connectivity index (χ3v) is 4.56. The van der Waals surface area contributed by atoms with Crippen molar-refractivity contribution in [2.45, 2.75) is 6.42 Å². The van der Waals surface area contributed by atoms with Crippen molar-refractivity contribution in [1.82, 2.24) is 19.9 Å². The van der Waals surface area contributed by atoms with Crippen molar-refractivity contribution in [1.29, 1.82) is 0 Å². The fourth-order valence-corrected chi connectivity index (χ4v) is 3.16. The van der Waals surface area contributed by atoms with Crippen molar-refractivity contribution in [2.24, 2.45) is 0 Å². The highest BCUT2D eigenvalue weighted by atomic mass is 16.5. The van der Waals surface area contributed by atoms with Gasteiger partial charge in [0.25, 0.3) is 5.91 Å². The molecule has 0 radical (unpaired) electrons. The lowest BCUT2D eigenvalue weighted by Crippen LogP contribution is -2.41. The molecule has 2 aromatic heterocycles. The molecular weight excluding hydrogens is 330 g/mol. The number of aromatic nitrogens is 3. The summed E-state index contributed by atoms with van der Waals surface area (Å²) in [5.41, 5.74) is 2.81. The summed E-state index contributed by atoms with van der Waals surface area (Å²) >= 11 is 0. The number of nitrogens with one attached hydrogen (secondary N) is 2. The van der Waals surface area contributed by atoms with E-state index in [1.165, 1.54) is 17.3 Å². The standard InChI is InChI=1S/C19H21N5O2/c25-19(24-7-9-26-10-8-24)17-11-18(23-13-22-17)20-6-5-14-12-21-16-4-2-1-3-15(14)16/h1-4,11-13,21H,5-10H2,(H,20,22,23). The van der Waals surface area contributed by atoms with Crippen LogP contribution in [0, 0.1) is 0 Å². The number of H-pyrrole nitrogens is 1. The number of carbonyl (C=O) groups excluding carboxylic acids is 1. The second kappa shape index (κ2) is 7.53. The number of benzene rings is 1. The third-order valence-electron chi connectivity index (χ3n) is 4.56. The molecule has 7 heteroatoms. The van der Waals surface area contributed by atoms with Gasteiger partial charge in [0, 0.05) is 42.8 Å². The lowest BCUT2D eigenvalue weighted by atomic mass is 10.1. The maximum atomic E-state index is 12.5. The van der Waals surface area contributed by atoms with Crippen molar-refractivity contribution < 1.29 is 9.53 Å². The lowest BCUT2D eigenvalue weighted by Gasteiger charge is -2.26. The van der Waals surface area contributed by atoms with Gasteiger partial charge in [0.15, 0.2) is 0 Å². The van der Waals surface area contributed by atoms with Crippen LogP contribution in [-0.4, -0.2) is 58.6 Å². The van der Waals surface area contributed by atoms with Crippen molar-refractivity contribution in [3.8, 4) is 0 Å². The largest absolute Gasteiger partial charge is 0.378 e. The number of rotatable bonds is 5. The predicted octanol–water partition coefficient (Wildman–Crippen LogP) is 2.08. The molecule has 2 N–H and O–H groups in total. The zero-order valence-corrected chi connectivity index (χ0v) is 14.4. The van der Waals surface area contributed by atoms with Crippen LogP contribution in [0.4, 0.5) is 5.82 Å². The molecule has 0 atom stereocenters. The van der Waals surface area contributed by atoms with Gasteiger partial charge in [-0.1, -0.05) is 18.2 Å². The molecule has 3 aromatic rings. The highest BCUT2D eigenvalue weighted by Crippen LogP contribution is 2.18. The van der Waals surface area contributed by atoms with Crippen molar-refractivity contribution in [3.63, 3.8) is 0 Å². The van der Waals surface area contributed by atoms with Crippen LogP contribution in [0.3, 0.4) is 0 Å². The van der Waals surface area contributed by atoms with E-state index >= 15 is 0 Å². The molecule has 1 saturated heterocycles. The molecule has 1 aromatic carbocycles. The number of anilines is 1. The van der Waals surface area contributed by atoms with Crippen molar-refractivity contribution >= 4 is 22.6 Å². The van der Waals surface area contributed by atoms with E-state index < -0.39 is 0 Å². The summed E-state index contributed by atoms with van der Waals surface area (Å²) < 4.78 is 5.29. The van der Waals surface area contributed by atoms with E-state index in [0.29, 0.717) is 37.8 Å². The number of hydrogen-bond acceptors (Lipinski definition) is 5. The van der Waals surface area contributed by atoms with Gasteiger partial charge in [0.1, 0.15) is 17.8 Å². The predicted molar refractivity (Wildman–Crippen MR) is 99.2 cm³/mol. The summed E-state index contributed by atoms with van der Waals surface area (Å²) in [5, 5.41) is 4.52. The Kier molecular flexibility index (Phi) is 4.79. The summed E-state index contributed by atoms with van der Waals surface area (Å²) in [4.78, 5) is 25.9. The van der Waals surface area contributed by atoms with E-state index in [2.05, 4.69) is 32.4 Å². The zero-order chi connectivity index (χ0) is 17.8. The van der Waals surface area contributed by atoms with Crippen LogP contribution >= 0.6 is 0 Å². The van der Waals surface area contributed by atoms with Crippen LogP contribution in [0.1, 0.15) is 16.1 Å². The van der Waals surface area contributed by atoms with Gasteiger partial charge < -0.3 is 19.9 Å². The van der Waals surface area contributed by atoms with Gasteiger partial charge >= 0.3 is 0 Å². The molecule has 0 spiro atoms. The minimum absolute atomic E-state index is 0.0737. The number of fused-ring (bicyclic) bond motifs is 1. The van der Waals surface area contributed by atoms with Crippen LogP contribution in [0.25, 0.3) is 10.9 Å². The van der Waals surface area contributed by atoms with Crippen LogP contribution in [-0.2, 0) is 11.2 Å². The SMILES string of the molecule is O=C(c1cc(NCCc2c[nH]c3ccccc23)ncn1)N1CCOCC1. The molecule has 1 aliphatic heterocycles. The first-order valence-corrected chi connectivity index (χ1v) is 8.79. The van der Waals surface area contributed by atoms with Gasteiger partial charge in [-0.2, -0.15) is 0 Å². The zero-order valence-electron chi connectivity index (χ0n) is 14.4. The first-order valence-electron chi connectivity index (χ1n) is 8.79. The second-order valence-electron chi connectivity index (χ2n) is 6.23. The fourth-order valence-electron chi connectivity index (χ4n) is 3.16. The Morgan fingerprint density at radius 3 is 2.96 bits per heavy atom. The van der Waals surface area contributed by atoms with Crippen molar-refractivity contribution in [3.05, 3.63) is 54.1 Å². The first kappa shape index (κ1) is 16.5. The van der Waals surface area contributed by atoms with Crippen LogP contribution < -0.4 is 5.32 Å². The quantitative estimate of drug-likeness (QED) is 0.735. The number of para-hydroxylation sites is 1. The number of morpholine rings is 1. The Morgan fingerprint density at radius 2 is 2.08 bits per heavy atom. The average Bonchev–Trinajstić information content (AvgIpc) is 3.12. The molecule has 134 valence electrons. The number of amides is 1. The van der Waals surface area contributed by atoms with E-state index in [1.54, 1.807) is 11.0 Å². The summed E-state index contributed by atoms with van der Waals surface area (Å²) in [6.45, 7) is 3.08. The minimum Gasteiger partial charge on any atom is -0.378 e. The molecule has 1 aliphatic rings. The smallest absolute Gasteiger partial charge is 0.272 e. The number of carbonyl (C=O) groups is 1. The fraction of sp³-hybridized carbons (Fsp3) is 0.316. The van der Waals surface area contributed by atoms with E-state index in [0.717, 1.165) is 18.5 Å². The molecule has 3 heterocycles. The van der Waals surface area contributed by atoms with Crippen LogP contribution in [0.2, 0.25) is 0 Å². The maximum absolute atomic E-state index is 12.5. The van der Waals surface area contributed by atoms with Gasteiger partial charge in [-0.15, -0.1) is 0 Å². The molecular formula is C19H21N5O2. The molecule has 4 rings (SSSR count). The minimum atomic E-state index is -0.0737. The lowest BCUT2D eigenvalue weighted by molar-refractivity contribution is 0.0299. The monoisotopic (exact) mass is 351 g/mol. The topological polar surface area (TPSA) is 83.1 Å². The molecule has 7 nitrogen and oxygen atoms in total. The molecule has 0 bridgehead atoms. The maximum Gasteiger partial charge on any atom is 0.272 e. The van der Waals surface area contributed by atoms with E-state index in [9.17, 15) is 4.79 Å². The van der Waals surface area contributed by atoms with Crippen LogP contribution in [0.5, 0.6) is 0 Å². The summed E-state index contributed by atoms with van der Waals surface area (Å²) in [7, 11) is 0. The van der Waals surface area contributed by atoms with Gasteiger partial charge in [0.2, 0.25) is 0 Å². The van der Waals surface area contributed by atoms with Gasteiger partial charge in [-0.3, -0.25) is 4.79 Å². The van der Waals surface area contributed by atoms with Crippen LogP contribution in [0.15, 0.2) is 42.9 Å².